The van der Waals surface area contributed by atoms with Gasteiger partial charge in [0.15, 0.2) is 5.69 Å². The lowest BCUT2D eigenvalue weighted by molar-refractivity contribution is -0.141. The number of carboxylic acids is 1. The number of aliphatic hydroxyl groups excluding tert-OH is 1. The average molecular weight is 500 g/mol. The molecule has 0 atom stereocenters. The van der Waals surface area contributed by atoms with Crippen LogP contribution in [0.15, 0.2) is 23.2 Å². The van der Waals surface area contributed by atoms with Gasteiger partial charge < -0.3 is 23.9 Å². The summed E-state index contributed by atoms with van der Waals surface area (Å²) in [6, 6.07) is 3.59. The smallest absolute Gasteiger partial charge is 0.434 e. The van der Waals surface area contributed by atoms with Crippen LogP contribution < -0.4 is 4.90 Å². The summed E-state index contributed by atoms with van der Waals surface area (Å²) in [5.41, 5.74) is -0.392. The molecule has 9 nitrogen and oxygen atoms in total. The topological polar surface area (TPSA) is 114 Å². The van der Waals surface area contributed by atoms with Crippen molar-refractivity contribution in [3.05, 3.63) is 41.0 Å². The summed E-state index contributed by atoms with van der Waals surface area (Å²) >= 11 is 1.11. The van der Waals surface area contributed by atoms with Gasteiger partial charge in [0.2, 0.25) is 5.95 Å². The molecular formula is C21H24F3N5O4S. The molecule has 0 spiro atoms. The van der Waals surface area contributed by atoms with E-state index < -0.39 is 23.4 Å². The highest BCUT2D eigenvalue weighted by Gasteiger charge is 2.39. The molecule has 0 unspecified atom stereocenters. The highest BCUT2D eigenvalue weighted by atomic mass is 32.2. The number of anilines is 1. The van der Waals surface area contributed by atoms with Crippen LogP contribution in [0.3, 0.4) is 0 Å². The summed E-state index contributed by atoms with van der Waals surface area (Å²) < 4.78 is 46.9. The number of alkyl halides is 3. The molecular weight excluding hydrogens is 475 g/mol. The fourth-order valence-corrected chi connectivity index (χ4v) is 4.01. The maximum absolute atomic E-state index is 13.3. The van der Waals surface area contributed by atoms with Crippen molar-refractivity contribution in [1.82, 2.24) is 19.5 Å². The Bertz CT molecular complexity index is 1190. The van der Waals surface area contributed by atoms with E-state index in [1.807, 2.05) is 10.6 Å². The van der Waals surface area contributed by atoms with Crippen LogP contribution in [0.25, 0.3) is 11.0 Å². The third kappa shape index (κ3) is 5.26. The number of fused-ring (bicyclic) bond motifs is 3. The SMILES string of the molecule is CCC.COSc1cc2c(cc1CO)nc1n2CCN(c2ncc(C(=O)O)c(C(F)(F)F)n2)C1. The second-order valence-electron chi connectivity index (χ2n) is 7.40. The Morgan fingerprint density at radius 2 is 1.94 bits per heavy atom. The molecule has 0 amide bonds. The van der Waals surface area contributed by atoms with Crippen LogP contribution in [-0.2, 0) is 30.1 Å². The number of hydrogen-bond donors (Lipinski definition) is 2. The molecule has 3 aromatic rings. The highest BCUT2D eigenvalue weighted by Crippen LogP contribution is 2.33. The molecule has 0 aliphatic carbocycles. The van der Waals surface area contributed by atoms with Crippen LogP contribution in [0.2, 0.25) is 0 Å². The number of aliphatic hydroxyl groups is 1. The molecule has 0 saturated carbocycles. The summed E-state index contributed by atoms with van der Waals surface area (Å²) in [5, 5.41) is 18.6. The molecule has 0 saturated heterocycles. The van der Waals surface area contributed by atoms with Crippen molar-refractivity contribution in [2.75, 3.05) is 18.6 Å². The van der Waals surface area contributed by atoms with Gasteiger partial charge in [-0.05, 0) is 17.7 Å². The van der Waals surface area contributed by atoms with E-state index in [-0.39, 0.29) is 19.1 Å². The lowest BCUT2D eigenvalue weighted by Gasteiger charge is -2.28. The number of halogens is 3. The normalized spacial score (nSPS) is 13.4. The van der Waals surface area contributed by atoms with Gasteiger partial charge in [-0.15, -0.1) is 0 Å². The first-order valence-electron chi connectivity index (χ1n) is 10.4. The number of carbonyl (C=O) groups is 1. The second kappa shape index (κ2) is 10.6. The van der Waals surface area contributed by atoms with E-state index in [0.29, 0.717) is 36.2 Å². The largest absolute Gasteiger partial charge is 0.478 e. The molecule has 0 fully saturated rings. The monoisotopic (exact) mass is 499 g/mol. The van der Waals surface area contributed by atoms with Crippen LogP contribution in [-0.4, -0.2) is 49.4 Å². The minimum atomic E-state index is -4.93. The van der Waals surface area contributed by atoms with E-state index in [2.05, 4.69) is 28.8 Å². The third-order valence-electron chi connectivity index (χ3n) is 4.84. The second-order valence-corrected chi connectivity index (χ2v) is 8.34. The van der Waals surface area contributed by atoms with Crippen molar-refractivity contribution in [2.45, 2.75) is 51.0 Å². The van der Waals surface area contributed by atoms with E-state index >= 15 is 0 Å². The summed E-state index contributed by atoms with van der Waals surface area (Å²) in [7, 11) is 1.52. The minimum Gasteiger partial charge on any atom is -0.478 e. The molecule has 2 aromatic heterocycles. The number of carboxylic acid groups (broad SMARTS) is 1. The van der Waals surface area contributed by atoms with Gasteiger partial charge in [0.1, 0.15) is 11.4 Å². The lowest BCUT2D eigenvalue weighted by atomic mass is 10.2. The quantitative estimate of drug-likeness (QED) is 0.500. The highest BCUT2D eigenvalue weighted by molar-refractivity contribution is 7.94. The van der Waals surface area contributed by atoms with Crippen LogP contribution in [0.5, 0.6) is 0 Å². The first kappa shape index (κ1) is 25.7. The first-order valence-corrected chi connectivity index (χ1v) is 11.1. The molecule has 1 aliphatic heterocycles. The number of aromatic carboxylic acids is 1. The van der Waals surface area contributed by atoms with Crippen molar-refractivity contribution in [3.63, 3.8) is 0 Å². The summed E-state index contributed by atoms with van der Waals surface area (Å²) in [5.74, 6) is -1.38. The van der Waals surface area contributed by atoms with Gasteiger partial charge in [-0.25, -0.2) is 19.7 Å². The zero-order chi connectivity index (χ0) is 25.0. The number of benzene rings is 1. The van der Waals surface area contributed by atoms with Crippen LogP contribution in [0, 0.1) is 0 Å². The predicted molar refractivity (Wildman–Crippen MR) is 120 cm³/mol. The van der Waals surface area contributed by atoms with Crippen LogP contribution >= 0.6 is 12.0 Å². The van der Waals surface area contributed by atoms with Crippen LogP contribution in [0.1, 0.15) is 47.7 Å². The molecule has 13 heteroatoms. The van der Waals surface area contributed by atoms with E-state index in [1.54, 1.807) is 6.07 Å². The molecule has 0 bridgehead atoms. The predicted octanol–water partition coefficient (Wildman–Crippen LogP) is 4.13. The number of imidazole rings is 1. The Balaban J connectivity index is 0.00000103. The van der Waals surface area contributed by atoms with Crippen molar-refractivity contribution >= 4 is 35.0 Å². The van der Waals surface area contributed by atoms with Crippen molar-refractivity contribution in [1.29, 1.82) is 0 Å². The fourth-order valence-electron chi connectivity index (χ4n) is 3.44. The minimum absolute atomic E-state index is 0.138. The Kier molecular flexibility index (Phi) is 8.00. The molecule has 2 N–H and O–H groups in total. The summed E-state index contributed by atoms with van der Waals surface area (Å²) in [6.45, 7) is 4.91. The molecule has 0 radical (unpaired) electrons. The lowest BCUT2D eigenvalue weighted by Crippen LogP contribution is -2.35. The molecule has 1 aromatic carbocycles. The molecule has 1 aliphatic rings. The zero-order valence-electron chi connectivity index (χ0n) is 18.8. The Morgan fingerprint density at radius 3 is 2.53 bits per heavy atom. The Morgan fingerprint density at radius 1 is 1.24 bits per heavy atom. The van der Waals surface area contributed by atoms with E-state index in [4.69, 9.17) is 9.29 Å². The van der Waals surface area contributed by atoms with Gasteiger partial charge in [0.05, 0.1) is 31.3 Å². The van der Waals surface area contributed by atoms with E-state index in [9.17, 15) is 23.1 Å². The fraction of sp³-hybridized carbons (Fsp3) is 0.429. The van der Waals surface area contributed by atoms with Gasteiger partial charge in [-0.2, -0.15) is 13.2 Å². The first-order chi connectivity index (χ1) is 16.1. The van der Waals surface area contributed by atoms with Gasteiger partial charge in [-0.3, -0.25) is 0 Å². The molecule has 34 heavy (non-hydrogen) atoms. The Hall–Kier alpha value is -2.90. The third-order valence-corrected chi connectivity index (χ3v) is 5.56. The molecule has 184 valence electrons. The zero-order valence-corrected chi connectivity index (χ0v) is 19.6. The van der Waals surface area contributed by atoms with Crippen molar-refractivity contribution < 1.29 is 32.4 Å². The van der Waals surface area contributed by atoms with Crippen molar-refractivity contribution in [2.24, 2.45) is 0 Å². The summed E-state index contributed by atoms with van der Waals surface area (Å²) in [4.78, 5) is 25.2. The van der Waals surface area contributed by atoms with Gasteiger partial charge in [0.25, 0.3) is 0 Å². The van der Waals surface area contributed by atoms with E-state index in [0.717, 1.165) is 22.5 Å². The standard InChI is InChI=1S/C18H16F3N5O4S.C3H8/c1-30-31-13-5-12-11(4-9(13)8-27)23-14-7-25(2-3-26(12)14)17-22-6-10(16(28)29)15(24-17)18(19,20)21;1-3-2/h4-6,27H,2-3,7-8H2,1H3,(H,28,29);3H2,1-2H3. The average Bonchev–Trinajstić information content (AvgIpc) is 3.14. The van der Waals surface area contributed by atoms with Gasteiger partial charge >= 0.3 is 12.1 Å². The van der Waals surface area contributed by atoms with Crippen molar-refractivity contribution in [3.8, 4) is 0 Å². The number of aromatic nitrogens is 4. The Labute approximate surface area is 197 Å². The van der Waals surface area contributed by atoms with E-state index in [1.165, 1.54) is 18.4 Å². The molecule has 4 rings (SSSR count). The van der Waals surface area contributed by atoms with Gasteiger partial charge in [-0.1, -0.05) is 20.3 Å². The van der Waals surface area contributed by atoms with Gasteiger partial charge in [0, 0.05) is 36.2 Å². The maximum atomic E-state index is 13.3. The summed E-state index contributed by atoms with van der Waals surface area (Å²) in [6.07, 6.45) is -3.00. The molecule has 3 heterocycles. The maximum Gasteiger partial charge on any atom is 0.434 e. The van der Waals surface area contributed by atoms with Crippen LogP contribution in [0.4, 0.5) is 19.1 Å². The number of hydrogen-bond acceptors (Lipinski definition) is 8. The number of nitrogens with zero attached hydrogens (tertiary/aromatic N) is 5. The number of rotatable bonds is 5.